The molecule has 1 fully saturated rings. The summed E-state index contributed by atoms with van der Waals surface area (Å²) < 4.78 is 0. The van der Waals surface area contributed by atoms with Gasteiger partial charge >= 0.3 is 5.69 Å². The maximum Gasteiger partial charge on any atom is 0.353 e. The topological polar surface area (TPSA) is 110 Å². The SMILES string of the molecule is C=CCNc1nc(N)c([N+](=O)[O-])c(N2CCCC(C)C2)n1. The van der Waals surface area contributed by atoms with Crippen molar-refractivity contribution in [3.05, 3.63) is 22.8 Å². The van der Waals surface area contributed by atoms with E-state index in [1.54, 1.807) is 6.08 Å². The van der Waals surface area contributed by atoms with Crippen LogP contribution in [0.3, 0.4) is 0 Å². The second-order valence-electron chi connectivity index (χ2n) is 5.22. The van der Waals surface area contributed by atoms with Crippen molar-refractivity contribution in [3.8, 4) is 0 Å². The first-order valence-electron chi connectivity index (χ1n) is 6.94. The minimum absolute atomic E-state index is 0.116. The summed E-state index contributed by atoms with van der Waals surface area (Å²) in [6, 6.07) is 0. The summed E-state index contributed by atoms with van der Waals surface area (Å²) in [5, 5.41) is 14.2. The molecule has 1 aromatic heterocycles. The molecule has 2 heterocycles. The number of nitro groups is 1. The van der Waals surface area contributed by atoms with E-state index in [4.69, 9.17) is 5.73 Å². The molecule has 114 valence electrons. The van der Waals surface area contributed by atoms with E-state index in [2.05, 4.69) is 28.8 Å². The molecule has 1 atom stereocenters. The van der Waals surface area contributed by atoms with Gasteiger partial charge in [0, 0.05) is 19.6 Å². The van der Waals surface area contributed by atoms with Crippen molar-refractivity contribution in [1.29, 1.82) is 0 Å². The lowest BCUT2D eigenvalue weighted by molar-refractivity contribution is -0.383. The zero-order chi connectivity index (χ0) is 15.4. The predicted molar refractivity (Wildman–Crippen MR) is 82.4 cm³/mol. The second-order valence-corrected chi connectivity index (χ2v) is 5.22. The first-order valence-corrected chi connectivity index (χ1v) is 6.94. The molecular formula is C13H20N6O2. The van der Waals surface area contributed by atoms with E-state index >= 15 is 0 Å². The third-order valence-corrected chi connectivity index (χ3v) is 3.44. The Balaban J connectivity index is 2.41. The molecule has 1 saturated heterocycles. The number of hydrogen-bond acceptors (Lipinski definition) is 7. The number of hydrogen-bond donors (Lipinski definition) is 2. The van der Waals surface area contributed by atoms with E-state index in [9.17, 15) is 10.1 Å². The molecule has 21 heavy (non-hydrogen) atoms. The first-order chi connectivity index (χ1) is 10.0. The van der Waals surface area contributed by atoms with Crippen LogP contribution in [0.5, 0.6) is 0 Å². The number of nitrogen functional groups attached to an aromatic ring is 1. The maximum atomic E-state index is 11.3. The Morgan fingerprint density at radius 2 is 2.38 bits per heavy atom. The molecule has 2 rings (SSSR count). The molecule has 0 aromatic carbocycles. The summed E-state index contributed by atoms with van der Waals surface area (Å²) in [4.78, 5) is 20.9. The third-order valence-electron chi connectivity index (χ3n) is 3.44. The normalized spacial score (nSPS) is 18.3. The lowest BCUT2D eigenvalue weighted by atomic mass is 10.0. The van der Waals surface area contributed by atoms with Crippen LogP contribution in [0.15, 0.2) is 12.7 Å². The van der Waals surface area contributed by atoms with E-state index in [1.165, 1.54) is 0 Å². The van der Waals surface area contributed by atoms with Gasteiger partial charge in [-0.25, -0.2) is 0 Å². The molecule has 0 saturated carbocycles. The van der Waals surface area contributed by atoms with Crippen LogP contribution in [-0.2, 0) is 0 Å². The van der Waals surface area contributed by atoms with Crippen molar-refractivity contribution in [2.45, 2.75) is 19.8 Å². The van der Waals surface area contributed by atoms with Gasteiger partial charge in [0.2, 0.25) is 17.6 Å². The summed E-state index contributed by atoms with van der Waals surface area (Å²) in [7, 11) is 0. The molecule has 1 aliphatic rings. The van der Waals surface area contributed by atoms with Crippen LogP contribution in [0.25, 0.3) is 0 Å². The molecule has 1 aliphatic heterocycles. The van der Waals surface area contributed by atoms with E-state index in [0.717, 1.165) is 25.9 Å². The van der Waals surface area contributed by atoms with Crippen molar-refractivity contribution in [1.82, 2.24) is 9.97 Å². The summed E-state index contributed by atoms with van der Waals surface area (Å²) >= 11 is 0. The molecule has 8 nitrogen and oxygen atoms in total. The molecular weight excluding hydrogens is 272 g/mol. The van der Waals surface area contributed by atoms with Crippen molar-refractivity contribution in [3.63, 3.8) is 0 Å². The van der Waals surface area contributed by atoms with Gasteiger partial charge in [-0.05, 0) is 18.8 Å². The van der Waals surface area contributed by atoms with E-state index in [0.29, 0.717) is 18.3 Å². The van der Waals surface area contributed by atoms with Crippen molar-refractivity contribution in [2.24, 2.45) is 5.92 Å². The number of nitrogens with two attached hydrogens (primary N) is 1. The fraction of sp³-hybridized carbons (Fsp3) is 0.538. The highest BCUT2D eigenvalue weighted by Crippen LogP contribution is 2.34. The van der Waals surface area contributed by atoms with Gasteiger partial charge in [0.15, 0.2) is 0 Å². The van der Waals surface area contributed by atoms with Crippen LogP contribution < -0.4 is 16.0 Å². The molecule has 0 bridgehead atoms. The van der Waals surface area contributed by atoms with Crippen molar-refractivity contribution >= 4 is 23.3 Å². The largest absolute Gasteiger partial charge is 0.378 e. The van der Waals surface area contributed by atoms with Gasteiger partial charge in [0.1, 0.15) is 0 Å². The number of piperidine rings is 1. The molecule has 1 aromatic rings. The Morgan fingerprint density at radius 3 is 3.00 bits per heavy atom. The minimum Gasteiger partial charge on any atom is -0.378 e. The Morgan fingerprint density at radius 1 is 1.62 bits per heavy atom. The average Bonchev–Trinajstić information content (AvgIpc) is 2.44. The van der Waals surface area contributed by atoms with Gasteiger partial charge in [-0.1, -0.05) is 13.0 Å². The summed E-state index contributed by atoms with van der Waals surface area (Å²) in [5.74, 6) is 0.936. The molecule has 3 N–H and O–H groups in total. The molecule has 0 aliphatic carbocycles. The zero-order valence-corrected chi connectivity index (χ0v) is 12.1. The third kappa shape index (κ3) is 3.39. The lowest BCUT2D eigenvalue weighted by Gasteiger charge is -2.31. The van der Waals surface area contributed by atoms with Gasteiger partial charge in [0.05, 0.1) is 4.92 Å². The minimum atomic E-state index is -0.513. The quantitative estimate of drug-likeness (QED) is 0.483. The molecule has 8 heteroatoms. The summed E-state index contributed by atoms with van der Waals surface area (Å²) in [6.45, 7) is 7.66. The first kappa shape index (κ1) is 15.0. The van der Waals surface area contributed by atoms with Crippen LogP contribution >= 0.6 is 0 Å². The second kappa shape index (κ2) is 6.38. The monoisotopic (exact) mass is 292 g/mol. The number of nitrogens with one attached hydrogen (secondary N) is 1. The van der Waals surface area contributed by atoms with Gasteiger partial charge in [-0.3, -0.25) is 10.1 Å². The van der Waals surface area contributed by atoms with Crippen molar-refractivity contribution < 1.29 is 4.92 Å². The van der Waals surface area contributed by atoms with Crippen LogP contribution in [0, 0.1) is 16.0 Å². The summed E-state index contributed by atoms with van der Waals surface area (Å²) in [5.41, 5.74) is 5.54. The molecule has 0 spiro atoms. The Kier molecular flexibility index (Phi) is 4.56. The summed E-state index contributed by atoms with van der Waals surface area (Å²) in [6.07, 6.45) is 3.76. The van der Waals surface area contributed by atoms with Crippen LogP contribution in [0.1, 0.15) is 19.8 Å². The van der Waals surface area contributed by atoms with Crippen LogP contribution in [-0.4, -0.2) is 34.5 Å². The molecule has 1 unspecified atom stereocenters. The smallest absolute Gasteiger partial charge is 0.353 e. The number of aromatic nitrogens is 2. The molecule has 0 radical (unpaired) electrons. The fourth-order valence-corrected chi connectivity index (χ4v) is 2.48. The molecule has 0 amide bonds. The highest BCUT2D eigenvalue weighted by molar-refractivity contribution is 5.71. The fourth-order valence-electron chi connectivity index (χ4n) is 2.48. The van der Waals surface area contributed by atoms with E-state index in [1.807, 2.05) is 4.90 Å². The van der Waals surface area contributed by atoms with Crippen LogP contribution in [0.4, 0.5) is 23.3 Å². The Hall–Kier alpha value is -2.38. The van der Waals surface area contributed by atoms with E-state index < -0.39 is 4.92 Å². The van der Waals surface area contributed by atoms with Gasteiger partial charge in [0.25, 0.3) is 0 Å². The predicted octanol–water partition coefficient (Wildman–Crippen LogP) is 1.80. The van der Waals surface area contributed by atoms with Gasteiger partial charge in [-0.15, -0.1) is 6.58 Å². The van der Waals surface area contributed by atoms with Gasteiger partial charge < -0.3 is 16.0 Å². The highest BCUT2D eigenvalue weighted by atomic mass is 16.6. The van der Waals surface area contributed by atoms with Crippen molar-refractivity contribution in [2.75, 3.05) is 35.6 Å². The maximum absolute atomic E-state index is 11.3. The number of anilines is 3. The number of nitrogens with zero attached hydrogens (tertiary/aromatic N) is 4. The number of rotatable bonds is 5. The van der Waals surface area contributed by atoms with Gasteiger partial charge in [-0.2, -0.15) is 9.97 Å². The average molecular weight is 292 g/mol. The highest BCUT2D eigenvalue weighted by Gasteiger charge is 2.29. The Bertz CT molecular complexity index is 548. The standard InChI is InChI=1S/C13H20N6O2/c1-3-6-15-13-16-11(14)10(19(20)21)12(17-13)18-7-4-5-9(2)8-18/h3,9H,1,4-8H2,2H3,(H3,14,15,16,17). The van der Waals surface area contributed by atoms with Crippen LogP contribution in [0.2, 0.25) is 0 Å². The van der Waals surface area contributed by atoms with E-state index in [-0.39, 0.29) is 17.5 Å². The Labute approximate surface area is 123 Å². The lowest BCUT2D eigenvalue weighted by Crippen LogP contribution is -2.35. The zero-order valence-electron chi connectivity index (χ0n) is 12.1.